The molecule has 1 aromatic heterocycles. The molecule has 1 N–H and O–H groups in total. The molecule has 158 valence electrons. The van der Waals surface area contributed by atoms with Crippen molar-refractivity contribution in [1.29, 1.82) is 5.26 Å². The van der Waals surface area contributed by atoms with Crippen LogP contribution in [0, 0.1) is 11.3 Å². The second kappa shape index (κ2) is 9.55. The Bertz CT molecular complexity index is 1340. The van der Waals surface area contributed by atoms with Gasteiger partial charge in [-0.15, -0.1) is 0 Å². The van der Waals surface area contributed by atoms with Crippen molar-refractivity contribution in [3.63, 3.8) is 0 Å². The lowest BCUT2D eigenvalue weighted by Gasteiger charge is -2.07. The number of rotatable bonds is 6. The van der Waals surface area contributed by atoms with Gasteiger partial charge in [-0.25, -0.2) is 0 Å². The smallest absolute Gasteiger partial charge is 0.266 e. The average molecular weight is 440 g/mol. The Hall–Kier alpha value is -3.81. The van der Waals surface area contributed by atoms with Gasteiger partial charge >= 0.3 is 0 Å². The highest BCUT2D eigenvalue weighted by atomic mass is 35.5. The Morgan fingerprint density at radius 1 is 1.06 bits per heavy atom. The van der Waals surface area contributed by atoms with E-state index in [0.717, 1.165) is 28.5 Å². The van der Waals surface area contributed by atoms with Crippen LogP contribution in [0.25, 0.3) is 17.0 Å². The van der Waals surface area contributed by atoms with Gasteiger partial charge in [-0.1, -0.05) is 67.1 Å². The van der Waals surface area contributed by atoms with E-state index in [1.165, 1.54) is 5.56 Å². The molecule has 0 spiro atoms. The van der Waals surface area contributed by atoms with Gasteiger partial charge < -0.3 is 9.88 Å². The molecule has 5 heteroatoms. The molecule has 0 bridgehead atoms. The zero-order valence-electron chi connectivity index (χ0n) is 17.7. The zero-order chi connectivity index (χ0) is 22.5. The summed E-state index contributed by atoms with van der Waals surface area (Å²) in [5, 5.41) is 14.1. The van der Waals surface area contributed by atoms with Gasteiger partial charge in [-0.2, -0.15) is 5.26 Å². The summed E-state index contributed by atoms with van der Waals surface area (Å²) >= 11 is 6.36. The highest BCUT2D eigenvalue weighted by Crippen LogP contribution is 2.26. The maximum absolute atomic E-state index is 12.8. The number of carbonyl (C=O) groups excluding carboxylic acids is 1. The Kier molecular flexibility index (Phi) is 6.39. The molecule has 4 aromatic rings. The number of aryl methyl sites for hydroxylation is 1. The van der Waals surface area contributed by atoms with Gasteiger partial charge in [-0.05, 0) is 47.9 Å². The fourth-order valence-electron chi connectivity index (χ4n) is 3.66. The maximum atomic E-state index is 12.8. The molecule has 1 heterocycles. The molecule has 0 aliphatic heterocycles. The second-order valence-electron chi connectivity index (χ2n) is 7.50. The first-order chi connectivity index (χ1) is 15.6. The van der Waals surface area contributed by atoms with Gasteiger partial charge in [0, 0.05) is 39.9 Å². The van der Waals surface area contributed by atoms with Gasteiger partial charge in [0.05, 0.1) is 0 Å². The van der Waals surface area contributed by atoms with Gasteiger partial charge in [0.1, 0.15) is 11.6 Å². The first kappa shape index (κ1) is 21.4. The number of aromatic nitrogens is 1. The molecular weight excluding hydrogens is 418 g/mol. The van der Waals surface area contributed by atoms with Crippen LogP contribution in [0.1, 0.15) is 23.6 Å². The summed E-state index contributed by atoms with van der Waals surface area (Å²) in [4.78, 5) is 12.8. The number of hydrogen-bond acceptors (Lipinski definition) is 2. The van der Waals surface area contributed by atoms with Gasteiger partial charge in [0.2, 0.25) is 0 Å². The lowest BCUT2D eigenvalue weighted by Crippen LogP contribution is -2.13. The number of nitriles is 1. The van der Waals surface area contributed by atoms with Crippen molar-refractivity contribution in [2.45, 2.75) is 19.9 Å². The SMILES string of the molecule is CCc1ccc(NC(=O)/C(C#N)=C/c2cn(Cc3ccccc3Cl)c3ccccc23)cc1. The molecule has 0 aliphatic rings. The van der Waals surface area contributed by atoms with E-state index in [-0.39, 0.29) is 5.57 Å². The van der Waals surface area contributed by atoms with Crippen LogP contribution in [0.3, 0.4) is 0 Å². The van der Waals surface area contributed by atoms with Crippen molar-refractivity contribution in [2.75, 3.05) is 5.32 Å². The van der Waals surface area contributed by atoms with Crippen molar-refractivity contribution in [1.82, 2.24) is 4.57 Å². The van der Waals surface area contributed by atoms with Crippen LogP contribution in [-0.4, -0.2) is 10.5 Å². The highest BCUT2D eigenvalue weighted by Gasteiger charge is 2.13. The summed E-state index contributed by atoms with van der Waals surface area (Å²) in [6, 6.07) is 25.3. The Morgan fingerprint density at radius 3 is 2.50 bits per heavy atom. The van der Waals surface area contributed by atoms with E-state index in [4.69, 9.17) is 11.6 Å². The molecule has 1 amide bonds. The number of fused-ring (bicyclic) bond motifs is 1. The third-order valence-corrected chi connectivity index (χ3v) is 5.77. The minimum Gasteiger partial charge on any atom is -0.342 e. The van der Waals surface area contributed by atoms with Crippen molar-refractivity contribution >= 4 is 40.2 Å². The van der Waals surface area contributed by atoms with Crippen LogP contribution in [-0.2, 0) is 17.8 Å². The van der Waals surface area contributed by atoms with Crippen molar-refractivity contribution in [2.24, 2.45) is 0 Å². The van der Waals surface area contributed by atoms with E-state index in [9.17, 15) is 10.1 Å². The van der Waals surface area contributed by atoms with Crippen LogP contribution in [0.5, 0.6) is 0 Å². The third kappa shape index (κ3) is 4.59. The summed E-state index contributed by atoms with van der Waals surface area (Å²) in [7, 11) is 0. The molecular formula is C27H22ClN3O. The van der Waals surface area contributed by atoms with E-state index in [1.807, 2.05) is 85.1 Å². The first-order valence-corrected chi connectivity index (χ1v) is 10.8. The van der Waals surface area contributed by atoms with E-state index >= 15 is 0 Å². The normalized spacial score (nSPS) is 11.3. The number of anilines is 1. The molecule has 0 fully saturated rings. The Balaban J connectivity index is 1.66. The summed E-state index contributed by atoms with van der Waals surface area (Å²) in [5.74, 6) is -0.431. The van der Waals surface area contributed by atoms with Gasteiger partial charge in [0.25, 0.3) is 5.91 Å². The van der Waals surface area contributed by atoms with Crippen molar-refractivity contribution < 1.29 is 4.79 Å². The monoisotopic (exact) mass is 439 g/mol. The van der Waals surface area contributed by atoms with E-state index in [0.29, 0.717) is 17.3 Å². The molecule has 4 nitrogen and oxygen atoms in total. The van der Waals surface area contributed by atoms with E-state index in [1.54, 1.807) is 6.08 Å². The summed E-state index contributed by atoms with van der Waals surface area (Å²) in [5.41, 5.74) is 4.71. The van der Waals surface area contributed by atoms with Crippen LogP contribution in [0.15, 0.2) is 84.6 Å². The van der Waals surface area contributed by atoms with Crippen LogP contribution in [0.2, 0.25) is 5.02 Å². The van der Waals surface area contributed by atoms with Gasteiger partial charge in [-0.3, -0.25) is 4.79 Å². The fourth-order valence-corrected chi connectivity index (χ4v) is 3.85. The number of hydrogen-bond donors (Lipinski definition) is 1. The summed E-state index contributed by atoms with van der Waals surface area (Å²) in [6.45, 7) is 2.66. The van der Waals surface area contributed by atoms with Crippen molar-refractivity contribution in [3.05, 3.63) is 106 Å². The quantitative estimate of drug-likeness (QED) is 0.277. The van der Waals surface area contributed by atoms with Crippen LogP contribution in [0.4, 0.5) is 5.69 Å². The number of carbonyl (C=O) groups is 1. The minimum atomic E-state index is -0.431. The third-order valence-electron chi connectivity index (χ3n) is 5.40. The average Bonchev–Trinajstić information content (AvgIpc) is 3.16. The number of benzene rings is 3. The molecule has 0 saturated carbocycles. The number of halogens is 1. The Labute approximate surface area is 192 Å². The molecule has 32 heavy (non-hydrogen) atoms. The molecule has 0 unspecified atom stereocenters. The number of amides is 1. The molecule has 0 atom stereocenters. The number of para-hydroxylation sites is 1. The largest absolute Gasteiger partial charge is 0.342 e. The molecule has 0 saturated heterocycles. The molecule has 0 aliphatic carbocycles. The highest BCUT2D eigenvalue weighted by molar-refractivity contribution is 6.31. The van der Waals surface area contributed by atoms with E-state index < -0.39 is 5.91 Å². The zero-order valence-corrected chi connectivity index (χ0v) is 18.4. The predicted octanol–water partition coefficient (Wildman–Crippen LogP) is 6.45. The molecule has 3 aromatic carbocycles. The van der Waals surface area contributed by atoms with Crippen LogP contribution >= 0.6 is 11.6 Å². The first-order valence-electron chi connectivity index (χ1n) is 10.4. The fraction of sp³-hybridized carbons (Fsp3) is 0.111. The summed E-state index contributed by atoms with van der Waals surface area (Å²) < 4.78 is 2.08. The minimum absolute atomic E-state index is 0.0465. The topological polar surface area (TPSA) is 57.8 Å². The van der Waals surface area contributed by atoms with Crippen molar-refractivity contribution in [3.8, 4) is 6.07 Å². The van der Waals surface area contributed by atoms with Gasteiger partial charge in [0.15, 0.2) is 0 Å². The van der Waals surface area contributed by atoms with E-state index in [2.05, 4.69) is 16.8 Å². The number of nitrogens with zero attached hydrogens (tertiary/aromatic N) is 2. The standard InChI is InChI=1S/C27H22ClN3O/c1-2-19-11-13-23(14-12-19)30-27(32)21(16-29)15-22-18-31(26-10-6-4-8-24(22)26)17-20-7-3-5-9-25(20)28/h3-15,18H,2,17H2,1H3,(H,30,32)/b21-15+. The van der Waals surface area contributed by atoms with Crippen LogP contribution < -0.4 is 5.32 Å². The Morgan fingerprint density at radius 2 is 1.78 bits per heavy atom. The maximum Gasteiger partial charge on any atom is 0.266 e. The lowest BCUT2D eigenvalue weighted by atomic mass is 10.1. The lowest BCUT2D eigenvalue weighted by molar-refractivity contribution is -0.112. The predicted molar refractivity (Wildman–Crippen MR) is 131 cm³/mol. The second-order valence-corrected chi connectivity index (χ2v) is 7.90. The summed E-state index contributed by atoms with van der Waals surface area (Å²) in [6.07, 6.45) is 4.52. The molecule has 0 radical (unpaired) electrons. The molecule has 4 rings (SSSR count). The number of nitrogens with one attached hydrogen (secondary N) is 1.